The molecule has 184 valence electrons. The van der Waals surface area contributed by atoms with Crippen LogP contribution in [0.5, 0.6) is 0 Å². The van der Waals surface area contributed by atoms with E-state index in [1.807, 2.05) is 31.2 Å². The van der Waals surface area contributed by atoms with Gasteiger partial charge in [0.15, 0.2) is 0 Å². The maximum Gasteiger partial charge on any atom is 0.416 e. The summed E-state index contributed by atoms with van der Waals surface area (Å²) in [5, 5.41) is 11.4. The third kappa shape index (κ3) is 6.72. The Labute approximate surface area is 205 Å². The van der Waals surface area contributed by atoms with E-state index in [-0.39, 0.29) is 5.69 Å². The monoisotopic (exact) mass is 492 g/mol. The highest BCUT2D eigenvalue weighted by molar-refractivity contribution is 5.99. The van der Waals surface area contributed by atoms with Gasteiger partial charge in [-0.3, -0.25) is 0 Å². The van der Waals surface area contributed by atoms with E-state index in [0.717, 1.165) is 29.1 Å². The average Bonchev–Trinajstić information content (AvgIpc) is 2.81. The molecular weight excluding hydrogens is 469 g/mol. The molecular formula is C26H23F3N6O. The van der Waals surface area contributed by atoms with Crippen LogP contribution in [0.2, 0.25) is 0 Å². The van der Waals surface area contributed by atoms with Crippen LogP contribution in [-0.4, -0.2) is 16.0 Å². The molecule has 4 rings (SSSR count). The maximum atomic E-state index is 12.9. The van der Waals surface area contributed by atoms with Gasteiger partial charge in [-0.25, -0.2) is 14.8 Å². The lowest BCUT2D eigenvalue weighted by molar-refractivity contribution is -0.137. The van der Waals surface area contributed by atoms with Gasteiger partial charge in [-0.05, 0) is 68.4 Å². The molecule has 1 heterocycles. The summed E-state index contributed by atoms with van der Waals surface area (Å²) in [5.41, 5.74) is 2.45. The summed E-state index contributed by atoms with van der Waals surface area (Å²) in [6, 6.07) is 20.3. The van der Waals surface area contributed by atoms with Crippen LogP contribution in [0, 0.1) is 13.8 Å². The number of carbonyl (C=O) groups excluding carboxylic acids is 1. The van der Waals surface area contributed by atoms with Crippen LogP contribution in [0.3, 0.4) is 0 Å². The number of aromatic nitrogens is 2. The normalized spacial score (nSPS) is 11.0. The topological polar surface area (TPSA) is 91.0 Å². The van der Waals surface area contributed by atoms with Crippen molar-refractivity contribution >= 4 is 40.4 Å². The van der Waals surface area contributed by atoms with Crippen molar-refractivity contribution in [1.29, 1.82) is 0 Å². The molecule has 4 aromatic rings. The number of alkyl halides is 3. The molecule has 10 heteroatoms. The summed E-state index contributed by atoms with van der Waals surface area (Å²) >= 11 is 0. The summed E-state index contributed by atoms with van der Waals surface area (Å²) < 4.78 is 38.6. The second-order valence-corrected chi connectivity index (χ2v) is 8.04. The van der Waals surface area contributed by atoms with Crippen LogP contribution in [0.1, 0.15) is 17.0 Å². The van der Waals surface area contributed by atoms with Gasteiger partial charge in [-0.2, -0.15) is 13.2 Å². The minimum Gasteiger partial charge on any atom is -0.340 e. The second kappa shape index (κ2) is 10.3. The number of rotatable bonds is 6. The fourth-order valence-electron chi connectivity index (χ4n) is 3.33. The van der Waals surface area contributed by atoms with E-state index in [2.05, 4.69) is 31.2 Å². The molecule has 0 spiro atoms. The van der Waals surface area contributed by atoms with E-state index in [1.54, 1.807) is 37.3 Å². The van der Waals surface area contributed by atoms with Gasteiger partial charge in [-0.1, -0.05) is 23.8 Å². The first-order valence-corrected chi connectivity index (χ1v) is 11.0. The Hall–Kier alpha value is -4.60. The highest BCUT2D eigenvalue weighted by atomic mass is 19.4. The zero-order valence-electron chi connectivity index (χ0n) is 19.4. The number of hydrogen-bond acceptors (Lipinski definition) is 5. The third-order valence-electron chi connectivity index (χ3n) is 5.02. The van der Waals surface area contributed by atoms with Gasteiger partial charge in [0.2, 0.25) is 0 Å². The Kier molecular flexibility index (Phi) is 7.05. The molecule has 3 aromatic carbocycles. The maximum absolute atomic E-state index is 12.9. The standard InChI is InChI=1S/C26H23F3N6O/c1-16-6-8-19(9-7-16)32-23-15-24(31-17(2)30-23)33-20-10-12-21(13-11-20)34-25(36)35-22-5-3-4-18(14-22)26(27,28)29/h3-15H,1-2H3,(H2,34,35,36)(H2,30,31,32,33). The van der Waals surface area contributed by atoms with E-state index < -0.39 is 17.8 Å². The highest BCUT2D eigenvalue weighted by Gasteiger charge is 2.30. The summed E-state index contributed by atoms with van der Waals surface area (Å²) in [6.07, 6.45) is -4.49. The van der Waals surface area contributed by atoms with Crippen molar-refractivity contribution in [2.45, 2.75) is 20.0 Å². The molecule has 0 unspecified atom stereocenters. The number of hydrogen-bond donors (Lipinski definition) is 4. The van der Waals surface area contributed by atoms with Crippen LogP contribution in [0.15, 0.2) is 78.9 Å². The summed E-state index contributed by atoms with van der Waals surface area (Å²) in [5.74, 6) is 1.80. The zero-order valence-corrected chi connectivity index (χ0v) is 19.4. The summed E-state index contributed by atoms with van der Waals surface area (Å²) in [4.78, 5) is 21.0. The number of nitrogens with one attached hydrogen (secondary N) is 4. The Bertz CT molecular complexity index is 1360. The third-order valence-corrected chi connectivity index (χ3v) is 5.02. The van der Waals surface area contributed by atoms with E-state index in [1.165, 1.54) is 12.1 Å². The smallest absolute Gasteiger partial charge is 0.340 e. The zero-order chi connectivity index (χ0) is 25.7. The van der Waals surface area contributed by atoms with Crippen molar-refractivity contribution in [3.05, 3.63) is 95.8 Å². The molecule has 4 N–H and O–H groups in total. The number of carbonyl (C=O) groups is 1. The molecule has 7 nitrogen and oxygen atoms in total. The number of amides is 2. The Morgan fingerprint density at radius 1 is 0.694 bits per heavy atom. The molecule has 0 aliphatic carbocycles. The van der Waals surface area contributed by atoms with Gasteiger partial charge < -0.3 is 21.3 Å². The minimum atomic E-state index is -4.49. The van der Waals surface area contributed by atoms with Crippen LogP contribution in [-0.2, 0) is 6.18 Å². The second-order valence-electron chi connectivity index (χ2n) is 8.04. The van der Waals surface area contributed by atoms with Crippen LogP contribution >= 0.6 is 0 Å². The highest BCUT2D eigenvalue weighted by Crippen LogP contribution is 2.30. The van der Waals surface area contributed by atoms with Gasteiger partial charge in [-0.15, -0.1) is 0 Å². The van der Waals surface area contributed by atoms with Crippen LogP contribution in [0.25, 0.3) is 0 Å². The average molecular weight is 493 g/mol. The number of urea groups is 1. The molecule has 0 aliphatic heterocycles. The molecule has 2 amide bonds. The lowest BCUT2D eigenvalue weighted by atomic mass is 10.2. The number of halogens is 3. The molecule has 0 saturated heterocycles. The molecule has 0 saturated carbocycles. The van der Waals surface area contributed by atoms with Crippen molar-refractivity contribution in [2.75, 3.05) is 21.3 Å². The Morgan fingerprint density at radius 2 is 1.22 bits per heavy atom. The molecule has 36 heavy (non-hydrogen) atoms. The molecule has 0 radical (unpaired) electrons. The summed E-state index contributed by atoms with van der Waals surface area (Å²) in [7, 11) is 0. The van der Waals surface area contributed by atoms with E-state index in [4.69, 9.17) is 0 Å². The predicted molar refractivity (Wildman–Crippen MR) is 135 cm³/mol. The van der Waals surface area contributed by atoms with Crippen molar-refractivity contribution in [1.82, 2.24) is 9.97 Å². The molecule has 0 bridgehead atoms. The first-order chi connectivity index (χ1) is 17.1. The van der Waals surface area contributed by atoms with E-state index in [0.29, 0.717) is 23.1 Å². The quantitative estimate of drug-likeness (QED) is 0.228. The number of anilines is 6. The van der Waals surface area contributed by atoms with E-state index in [9.17, 15) is 18.0 Å². The fourth-order valence-corrected chi connectivity index (χ4v) is 3.33. The lowest BCUT2D eigenvalue weighted by Crippen LogP contribution is -2.19. The van der Waals surface area contributed by atoms with Gasteiger partial charge in [0, 0.05) is 28.8 Å². The summed E-state index contributed by atoms with van der Waals surface area (Å²) in [6.45, 7) is 3.81. The minimum absolute atomic E-state index is 0.0368. The molecule has 0 atom stereocenters. The predicted octanol–water partition coefficient (Wildman–Crippen LogP) is 7.24. The van der Waals surface area contributed by atoms with E-state index >= 15 is 0 Å². The first kappa shape index (κ1) is 24.5. The Morgan fingerprint density at radius 3 is 1.81 bits per heavy atom. The SMILES string of the molecule is Cc1ccc(Nc2cc(Nc3ccc(NC(=O)Nc4cccc(C(F)(F)F)c4)cc3)nc(C)n2)cc1. The first-order valence-electron chi connectivity index (χ1n) is 11.0. The molecule has 0 fully saturated rings. The van der Waals surface area contributed by atoms with Gasteiger partial charge in [0.05, 0.1) is 5.56 Å². The number of nitrogens with zero attached hydrogens (tertiary/aromatic N) is 2. The van der Waals surface area contributed by atoms with Gasteiger partial charge >= 0.3 is 12.2 Å². The number of aryl methyl sites for hydroxylation is 2. The fraction of sp³-hybridized carbons (Fsp3) is 0.115. The van der Waals surface area contributed by atoms with Gasteiger partial charge in [0.1, 0.15) is 17.5 Å². The van der Waals surface area contributed by atoms with Crippen molar-refractivity contribution in [2.24, 2.45) is 0 Å². The van der Waals surface area contributed by atoms with Crippen molar-refractivity contribution < 1.29 is 18.0 Å². The molecule has 1 aromatic heterocycles. The van der Waals surface area contributed by atoms with Crippen LogP contribution < -0.4 is 21.3 Å². The Balaban J connectivity index is 1.37. The largest absolute Gasteiger partial charge is 0.416 e. The number of benzene rings is 3. The molecule has 0 aliphatic rings. The van der Waals surface area contributed by atoms with Gasteiger partial charge in [0.25, 0.3) is 0 Å². The van der Waals surface area contributed by atoms with Crippen molar-refractivity contribution in [3.63, 3.8) is 0 Å². The van der Waals surface area contributed by atoms with Crippen molar-refractivity contribution in [3.8, 4) is 0 Å². The van der Waals surface area contributed by atoms with Crippen LogP contribution in [0.4, 0.5) is 52.4 Å². The lowest BCUT2D eigenvalue weighted by Gasteiger charge is -2.12.